The number of aliphatic hydroxyl groups excluding tert-OH is 1. The topological polar surface area (TPSA) is 58.6 Å². The lowest BCUT2D eigenvalue weighted by Gasteiger charge is -2.27. The van der Waals surface area contributed by atoms with Gasteiger partial charge in [0.15, 0.2) is 0 Å². The number of carbonyl (C=O) groups excluding carboxylic acids is 1. The molecule has 0 aliphatic carbocycles. The lowest BCUT2D eigenvalue weighted by Crippen LogP contribution is -2.48. The third-order valence-electron chi connectivity index (χ3n) is 2.89. The van der Waals surface area contributed by atoms with Crippen LogP contribution in [0.25, 0.3) is 0 Å². The molecule has 0 heterocycles. The van der Waals surface area contributed by atoms with E-state index in [2.05, 4.69) is 10.1 Å². The fourth-order valence-corrected chi connectivity index (χ4v) is 1.39. The minimum Gasteiger partial charge on any atom is -0.406 e. The van der Waals surface area contributed by atoms with Crippen LogP contribution in [0.3, 0.4) is 0 Å². The fourth-order valence-electron chi connectivity index (χ4n) is 1.39. The van der Waals surface area contributed by atoms with Crippen molar-refractivity contribution in [1.82, 2.24) is 5.32 Å². The number of nitrogens with one attached hydrogen (secondary N) is 1. The van der Waals surface area contributed by atoms with Crippen LogP contribution in [0.4, 0.5) is 13.2 Å². The van der Waals surface area contributed by atoms with E-state index in [1.807, 2.05) is 0 Å². The van der Waals surface area contributed by atoms with Crippen molar-refractivity contribution in [3.63, 3.8) is 0 Å². The Labute approximate surface area is 114 Å². The van der Waals surface area contributed by atoms with Crippen molar-refractivity contribution < 1.29 is 27.8 Å². The summed E-state index contributed by atoms with van der Waals surface area (Å²) in [6, 6.07) is 4.57. The molecule has 1 rings (SSSR count). The minimum absolute atomic E-state index is 0.188. The summed E-state index contributed by atoms with van der Waals surface area (Å²) in [4.78, 5) is 11.9. The summed E-state index contributed by atoms with van der Waals surface area (Å²) in [6.45, 7) is 3.24. The quantitative estimate of drug-likeness (QED) is 0.876. The number of benzene rings is 1. The molecule has 0 fully saturated rings. The maximum Gasteiger partial charge on any atom is 0.573 e. The number of carbonyl (C=O) groups is 1. The molecule has 0 aliphatic rings. The second-order valence-corrected chi connectivity index (χ2v) is 4.60. The Balaban J connectivity index is 2.76. The van der Waals surface area contributed by atoms with Crippen LogP contribution in [0.5, 0.6) is 5.75 Å². The van der Waals surface area contributed by atoms with Crippen molar-refractivity contribution in [2.45, 2.75) is 32.2 Å². The van der Waals surface area contributed by atoms with E-state index in [0.717, 1.165) is 12.1 Å². The predicted molar refractivity (Wildman–Crippen MR) is 66.4 cm³/mol. The van der Waals surface area contributed by atoms with Crippen molar-refractivity contribution in [1.29, 1.82) is 0 Å². The summed E-state index contributed by atoms with van der Waals surface area (Å²) < 4.78 is 39.7. The van der Waals surface area contributed by atoms with Crippen LogP contribution in [0.15, 0.2) is 24.3 Å². The average molecular weight is 291 g/mol. The number of ether oxygens (including phenoxy) is 1. The maximum atomic E-state index is 12.0. The number of amides is 1. The maximum absolute atomic E-state index is 12.0. The molecule has 1 unspecified atom stereocenters. The standard InChI is InChI=1S/C13H16F3NO3/c1-3-12(2,8-18)17-11(19)9-4-6-10(7-5-9)20-13(14,15)16/h4-7,18H,3,8H2,1-2H3,(H,17,19). The van der Waals surface area contributed by atoms with E-state index in [1.165, 1.54) is 12.1 Å². The first-order chi connectivity index (χ1) is 9.19. The molecule has 112 valence electrons. The summed E-state index contributed by atoms with van der Waals surface area (Å²) >= 11 is 0. The first kappa shape index (κ1) is 16.3. The van der Waals surface area contributed by atoms with Gasteiger partial charge in [0, 0.05) is 5.56 Å². The molecular weight excluding hydrogens is 275 g/mol. The smallest absolute Gasteiger partial charge is 0.406 e. The van der Waals surface area contributed by atoms with E-state index in [9.17, 15) is 23.1 Å². The molecule has 1 atom stereocenters. The Morgan fingerprint density at radius 3 is 2.25 bits per heavy atom. The van der Waals surface area contributed by atoms with Gasteiger partial charge < -0.3 is 15.2 Å². The van der Waals surface area contributed by atoms with Crippen molar-refractivity contribution in [2.24, 2.45) is 0 Å². The SMILES string of the molecule is CCC(C)(CO)NC(=O)c1ccc(OC(F)(F)F)cc1. The van der Waals surface area contributed by atoms with Crippen LogP contribution in [0.1, 0.15) is 30.6 Å². The van der Waals surface area contributed by atoms with Gasteiger partial charge in [0.05, 0.1) is 12.1 Å². The summed E-state index contributed by atoms with van der Waals surface area (Å²) in [5.41, 5.74) is -0.578. The highest BCUT2D eigenvalue weighted by atomic mass is 19.4. The van der Waals surface area contributed by atoms with Crippen molar-refractivity contribution in [3.8, 4) is 5.75 Å². The van der Waals surface area contributed by atoms with Gasteiger partial charge in [0.25, 0.3) is 5.91 Å². The first-order valence-electron chi connectivity index (χ1n) is 5.98. The van der Waals surface area contributed by atoms with Crippen LogP contribution in [-0.4, -0.2) is 29.5 Å². The van der Waals surface area contributed by atoms with Gasteiger partial charge in [-0.25, -0.2) is 0 Å². The van der Waals surface area contributed by atoms with Gasteiger partial charge in [0.2, 0.25) is 0 Å². The monoisotopic (exact) mass is 291 g/mol. The Bertz CT molecular complexity index is 453. The molecule has 1 aromatic rings. The number of hydrogen-bond acceptors (Lipinski definition) is 3. The highest BCUT2D eigenvalue weighted by Gasteiger charge is 2.31. The molecule has 0 aromatic heterocycles. The highest BCUT2D eigenvalue weighted by Crippen LogP contribution is 2.22. The largest absolute Gasteiger partial charge is 0.573 e. The van der Waals surface area contributed by atoms with E-state index in [1.54, 1.807) is 13.8 Å². The zero-order chi connectivity index (χ0) is 15.4. The average Bonchev–Trinajstić information content (AvgIpc) is 2.37. The molecule has 20 heavy (non-hydrogen) atoms. The Kier molecular flexibility index (Phi) is 4.99. The predicted octanol–water partition coefficient (Wildman–Crippen LogP) is 2.48. The van der Waals surface area contributed by atoms with Gasteiger partial charge >= 0.3 is 6.36 Å². The lowest BCUT2D eigenvalue weighted by atomic mass is 9.99. The van der Waals surface area contributed by atoms with Crippen LogP contribution in [0.2, 0.25) is 0 Å². The third kappa shape index (κ3) is 4.73. The second kappa shape index (κ2) is 6.13. The lowest BCUT2D eigenvalue weighted by molar-refractivity contribution is -0.274. The summed E-state index contributed by atoms with van der Waals surface area (Å²) in [6.07, 6.45) is -4.24. The van der Waals surface area contributed by atoms with Crippen LogP contribution >= 0.6 is 0 Å². The van der Waals surface area contributed by atoms with Gasteiger partial charge in [-0.15, -0.1) is 13.2 Å². The van der Waals surface area contributed by atoms with Crippen LogP contribution in [-0.2, 0) is 0 Å². The molecule has 0 spiro atoms. The van der Waals surface area contributed by atoms with Gasteiger partial charge in [-0.3, -0.25) is 4.79 Å². The molecule has 0 saturated heterocycles. The zero-order valence-corrected chi connectivity index (χ0v) is 11.1. The van der Waals surface area contributed by atoms with Gasteiger partial charge in [-0.1, -0.05) is 6.92 Å². The third-order valence-corrected chi connectivity index (χ3v) is 2.89. The summed E-state index contributed by atoms with van der Waals surface area (Å²) in [5.74, 6) is -0.864. The zero-order valence-electron chi connectivity index (χ0n) is 11.1. The van der Waals surface area contributed by atoms with E-state index in [4.69, 9.17) is 0 Å². The number of alkyl halides is 3. The molecule has 0 bridgehead atoms. The van der Waals surface area contributed by atoms with Gasteiger partial charge in [0.1, 0.15) is 5.75 Å². The fraction of sp³-hybridized carbons (Fsp3) is 0.462. The minimum atomic E-state index is -4.76. The van der Waals surface area contributed by atoms with Crippen LogP contribution in [0, 0.1) is 0 Å². The molecule has 7 heteroatoms. The molecule has 0 saturated carbocycles. The van der Waals surface area contributed by atoms with Gasteiger partial charge in [-0.05, 0) is 37.6 Å². The summed E-state index contributed by atoms with van der Waals surface area (Å²) in [7, 11) is 0. The Morgan fingerprint density at radius 1 is 1.30 bits per heavy atom. The van der Waals surface area contributed by atoms with E-state index in [-0.39, 0.29) is 12.2 Å². The molecular formula is C13H16F3NO3. The highest BCUT2D eigenvalue weighted by molar-refractivity contribution is 5.94. The van der Waals surface area contributed by atoms with E-state index >= 15 is 0 Å². The van der Waals surface area contributed by atoms with Crippen molar-refractivity contribution in [3.05, 3.63) is 29.8 Å². The number of hydrogen-bond donors (Lipinski definition) is 2. The molecule has 0 radical (unpaired) electrons. The van der Waals surface area contributed by atoms with E-state index < -0.39 is 23.6 Å². The molecule has 4 nitrogen and oxygen atoms in total. The summed E-state index contributed by atoms with van der Waals surface area (Å²) in [5, 5.41) is 11.8. The molecule has 0 aliphatic heterocycles. The first-order valence-corrected chi connectivity index (χ1v) is 5.98. The number of aliphatic hydroxyl groups is 1. The Hall–Kier alpha value is -1.76. The molecule has 1 amide bonds. The van der Waals surface area contributed by atoms with E-state index in [0.29, 0.717) is 6.42 Å². The molecule has 1 aromatic carbocycles. The Morgan fingerprint density at radius 2 is 1.85 bits per heavy atom. The van der Waals surface area contributed by atoms with Crippen molar-refractivity contribution >= 4 is 5.91 Å². The molecule has 2 N–H and O–H groups in total. The second-order valence-electron chi connectivity index (χ2n) is 4.60. The van der Waals surface area contributed by atoms with Gasteiger partial charge in [-0.2, -0.15) is 0 Å². The number of rotatable bonds is 5. The number of halogens is 3. The van der Waals surface area contributed by atoms with Crippen LogP contribution < -0.4 is 10.1 Å². The normalized spacial score (nSPS) is 14.5. The van der Waals surface area contributed by atoms with Crippen molar-refractivity contribution in [2.75, 3.05) is 6.61 Å².